The van der Waals surface area contributed by atoms with E-state index < -0.39 is 16.1 Å². The second kappa shape index (κ2) is 9.69. The van der Waals surface area contributed by atoms with Crippen LogP contribution in [0, 0.1) is 6.92 Å². The van der Waals surface area contributed by atoms with Crippen LogP contribution in [0.5, 0.6) is 5.75 Å². The Morgan fingerprint density at radius 2 is 1.82 bits per heavy atom. The van der Waals surface area contributed by atoms with E-state index in [0.29, 0.717) is 21.8 Å². The Labute approximate surface area is 201 Å². The molecule has 1 atom stereocenters. The van der Waals surface area contributed by atoms with Gasteiger partial charge in [0.25, 0.3) is 0 Å². The molecule has 6 nitrogen and oxygen atoms in total. The number of benzene rings is 3. The average Bonchev–Trinajstić information content (AvgIpc) is 3.08. The van der Waals surface area contributed by atoms with Gasteiger partial charge in [-0.05, 0) is 55.3 Å². The van der Waals surface area contributed by atoms with E-state index in [1.807, 2.05) is 49.4 Å². The van der Waals surface area contributed by atoms with Crippen LogP contribution in [-0.2, 0) is 16.6 Å². The highest BCUT2D eigenvalue weighted by Crippen LogP contribution is 2.24. The minimum absolute atomic E-state index is 0.101. The molecule has 9 heteroatoms. The largest absolute Gasteiger partial charge is 0.492 e. The third kappa shape index (κ3) is 5.30. The highest BCUT2D eigenvalue weighted by Gasteiger charge is 2.20. The lowest BCUT2D eigenvalue weighted by Crippen LogP contribution is -2.36. The van der Waals surface area contributed by atoms with Gasteiger partial charge in [0.1, 0.15) is 12.4 Å². The summed E-state index contributed by atoms with van der Waals surface area (Å²) in [5.74, 6) is 0.717. The van der Waals surface area contributed by atoms with E-state index in [-0.39, 0.29) is 16.4 Å². The molecule has 0 saturated heterocycles. The quantitative estimate of drug-likeness (QED) is 0.375. The lowest BCUT2D eigenvalue weighted by atomic mass is 10.2. The van der Waals surface area contributed by atoms with Crippen LogP contribution >= 0.6 is 22.9 Å². The SMILES string of the molecule is Cc1ccccc1OC[C@H](C)NS(=O)(=O)c1ccc2c(c1)sc(=O)n2Cc1ccccc1Cl. The molecule has 0 fully saturated rings. The van der Waals surface area contributed by atoms with Crippen LogP contribution in [0.15, 0.2) is 76.4 Å². The number of rotatable bonds is 8. The molecule has 1 heterocycles. The van der Waals surface area contributed by atoms with E-state index >= 15 is 0 Å². The number of nitrogens with one attached hydrogen (secondary N) is 1. The number of nitrogens with zero attached hydrogens (tertiary/aromatic N) is 1. The minimum Gasteiger partial charge on any atom is -0.492 e. The molecule has 33 heavy (non-hydrogen) atoms. The van der Waals surface area contributed by atoms with E-state index in [0.717, 1.165) is 28.2 Å². The predicted octanol–water partition coefficient (Wildman–Crippen LogP) is 4.82. The standard InChI is InChI=1S/C24H23ClN2O4S2/c1-16-7-3-6-10-22(16)31-15-17(2)26-33(29,30)19-11-12-21-23(13-19)32-24(28)27(21)14-18-8-4-5-9-20(18)25/h3-13,17,26H,14-15H2,1-2H3/t17-/m0/s1. The van der Waals surface area contributed by atoms with Crippen LogP contribution in [0.3, 0.4) is 0 Å². The van der Waals surface area contributed by atoms with Crippen molar-refractivity contribution in [2.24, 2.45) is 0 Å². The molecule has 0 amide bonds. The van der Waals surface area contributed by atoms with E-state index in [1.165, 1.54) is 12.1 Å². The molecule has 0 unspecified atom stereocenters. The zero-order valence-corrected chi connectivity index (χ0v) is 20.5. The second-order valence-electron chi connectivity index (χ2n) is 7.77. The van der Waals surface area contributed by atoms with Crippen molar-refractivity contribution in [1.29, 1.82) is 0 Å². The van der Waals surface area contributed by atoms with Crippen LogP contribution < -0.4 is 14.3 Å². The van der Waals surface area contributed by atoms with Gasteiger partial charge in [-0.1, -0.05) is 59.3 Å². The number of thiazole rings is 1. The first kappa shape index (κ1) is 23.5. The molecule has 0 saturated carbocycles. The lowest BCUT2D eigenvalue weighted by Gasteiger charge is -2.16. The van der Waals surface area contributed by atoms with Crippen molar-refractivity contribution in [2.45, 2.75) is 31.3 Å². The van der Waals surface area contributed by atoms with Crippen molar-refractivity contribution in [3.63, 3.8) is 0 Å². The molecular formula is C24H23ClN2O4S2. The Hall–Kier alpha value is -2.65. The third-order valence-corrected chi connectivity index (χ3v) is 8.07. The van der Waals surface area contributed by atoms with Gasteiger partial charge in [0.15, 0.2) is 0 Å². The van der Waals surface area contributed by atoms with Crippen LogP contribution in [0.2, 0.25) is 5.02 Å². The van der Waals surface area contributed by atoms with E-state index in [1.54, 1.807) is 23.6 Å². The van der Waals surface area contributed by atoms with Crippen LogP contribution in [0.4, 0.5) is 0 Å². The van der Waals surface area contributed by atoms with Gasteiger partial charge in [-0.25, -0.2) is 13.1 Å². The number of hydrogen-bond donors (Lipinski definition) is 1. The number of aromatic nitrogens is 1. The summed E-state index contributed by atoms with van der Waals surface area (Å²) in [4.78, 5) is 12.5. The van der Waals surface area contributed by atoms with E-state index in [9.17, 15) is 13.2 Å². The summed E-state index contributed by atoms with van der Waals surface area (Å²) >= 11 is 7.25. The minimum atomic E-state index is -3.79. The Morgan fingerprint density at radius 3 is 2.58 bits per heavy atom. The van der Waals surface area contributed by atoms with Crippen molar-refractivity contribution < 1.29 is 13.2 Å². The van der Waals surface area contributed by atoms with Crippen LogP contribution in [0.1, 0.15) is 18.1 Å². The van der Waals surface area contributed by atoms with Crippen LogP contribution in [-0.4, -0.2) is 25.6 Å². The summed E-state index contributed by atoms with van der Waals surface area (Å²) in [6, 6.07) is 19.1. The highest BCUT2D eigenvalue weighted by molar-refractivity contribution is 7.89. The van der Waals surface area contributed by atoms with E-state index in [2.05, 4.69) is 4.72 Å². The summed E-state index contributed by atoms with van der Waals surface area (Å²) in [7, 11) is -3.79. The molecule has 0 aliphatic rings. The number of halogens is 1. The number of hydrogen-bond acceptors (Lipinski definition) is 5. The summed E-state index contributed by atoms with van der Waals surface area (Å²) < 4.78 is 36.5. The normalized spacial score (nSPS) is 12.7. The Kier molecular flexibility index (Phi) is 6.90. The van der Waals surface area contributed by atoms with Gasteiger partial charge in [0, 0.05) is 5.02 Å². The van der Waals surface area contributed by atoms with Gasteiger partial charge < -0.3 is 4.74 Å². The Bertz CT molecular complexity index is 1460. The van der Waals surface area contributed by atoms with Gasteiger partial charge in [-0.3, -0.25) is 9.36 Å². The number of aryl methyl sites for hydroxylation is 1. The second-order valence-corrected chi connectivity index (χ2v) is 10.9. The Morgan fingerprint density at radius 1 is 1.09 bits per heavy atom. The van der Waals surface area contributed by atoms with Gasteiger partial charge in [-0.2, -0.15) is 0 Å². The van der Waals surface area contributed by atoms with Crippen molar-refractivity contribution in [2.75, 3.05) is 6.61 Å². The number of para-hydroxylation sites is 1. The topological polar surface area (TPSA) is 77.4 Å². The number of sulfonamides is 1. The number of ether oxygens (including phenoxy) is 1. The maximum absolute atomic E-state index is 12.9. The van der Waals surface area contributed by atoms with Crippen LogP contribution in [0.25, 0.3) is 10.2 Å². The average molecular weight is 503 g/mol. The smallest absolute Gasteiger partial charge is 0.308 e. The highest BCUT2D eigenvalue weighted by atomic mass is 35.5. The maximum atomic E-state index is 12.9. The van der Waals surface area contributed by atoms with Gasteiger partial charge in [-0.15, -0.1) is 0 Å². The monoisotopic (exact) mass is 502 g/mol. The molecule has 0 aliphatic carbocycles. The molecule has 4 aromatic rings. The fourth-order valence-electron chi connectivity index (χ4n) is 3.46. The zero-order chi connectivity index (χ0) is 23.6. The van der Waals surface area contributed by atoms with Crippen molar-refractivity contribution in [3.8, 4) is 5.75 Å². The first-order chi connectivity index (χ1) is 15.7. The molecule has 0 aliphatic heterocycles. The molecule has 0 spiro atoms. The predicted molar refractivity (Wildman–Crippen MR) is 133 cm³/mol. The molecule has 3 aromatic carbocycles. The fraction of sp³-hybridized carbons (Fsp3) is 0.208. The lowest BCUT2D eigenvalue weighted by molar-refractivity contribution is 0.286. The molecule has 1 N–H and O–H groups in total. The van der Waals surface area contributed by atoms with Crippen molar-refractivity contribution in [1.82, 2.24) is 9.29 Å². The number of fused-ring (bicyclic) bond motifs is 1. The van der Waals surface area contributed by atoms with Gasteiger partial charge >= 0.3 is 4.87 Å². The summed E-state index contributed by atoms with van der Waals surface area (Å²) in [6.07, 6.45) is 0. The molecule has 4 rings (SSSR count). The van der Waals surface area contributed by atoms with Crippen molar-refractivity contribution in [3.05, 3.63) is 92.5 Å². The fourth-order valence-corrected chi connectivity index (χ4v) is 5.91. The molecule has 1 aromatic heterocycles. The van der Waals surface area contributed by atoms with Crippen molar-refractivity contribution >= 4 is 43.2 Å². The van der Waals surface area contributed by atoms with Gasteiger partial charge in [0.2, 0.25) is 10.0 Å². The van der Waals surface area contributed by atoms with E-state index in [4.69, 9.17) is 16.3 Å². The van der Waals surface area contributed by atoms with Gasteiger partial charge in [0.05, 0.1) is 27.7 Å². The maximum Gasteiger partial charge on any atom is 0.308 e. The molecule has 172 valence electrons. The first-order valence-corrected chi connectivity index (χ1v) is 13.0. The zero-order valence-electron chi connectivity index (χ0n) is 18.1. The molecule has 0 radical (unpaired) electrons. The third-order valence-electron chi connectivity index (χ3n) is 5.18. The summed E-state index contributed by atoms with van der Waals surface area (Å²) in [5, 5.41) is 0.578. The summed E-state index contributed by atoms with van der Waals surface area (Å²) in [5.41, 5.74) is 2.47. The summed E-state index contributed by atoms with van der Waals surface area (Å²) in [6.45, 7) is 4.18. The first-order valence-electron chi connectivity index (χ1n) is 10.3. The molecule has 0 bridgehead atoms. The molecular weight excluding hydrogens is 480 g/mol. The Balaban J connectivity index is 1.52.